The SMILES string of the molecule is CN(C)S(=O)(=O)c1ccc2nccc(Nc3ccc4scnc4c3)c2c1. The van der Waals surface area contributed by atoms with Crippen molar-refractivity contribution in [3.05, 3.63) is 54.2 Å². The van der Waals surface area contributed by atoms with Gasteiger partial charge in [0.25, 0.3) is 0 Å². The van der Waals surface area contributed by atoms with E-state index in [-0.39, 0.29) is 4.90 Å². The van der Waals surface area contributed by atoms with Gasteiger partial charge in [0.15, 0.2) is 0 Å². The lowest BCUT2D eigenvalue weighted by atomic mass is 10.2. The molecule has 0 aliphatic rings. The Kier molecular flexibility index (Phi) is 4.10. The average molecular weight is 384 g/mol. The van der Waals surface area contributed by atoms with E-state index in [9.17, 15) is 8.42 Å². The minimum atomic E-state index is -3.51. The topological polar surface area (TPSA) is 75.2 Å². The molecule has 0 amide bonds. The minimum Gasteiger partial charge on any atom is -0.355 e. The number of nitrogens with one attached hydrogen (secondary N) is 1. The van der Waals surface area contributed by atoms with Gasteiger partial charge in [0, 0.05) is 37.1 Å². The molecule has 6 nitrogen and oxygen atoms in total. The van der Waals surface area contributed by atoms with Crippen LogP contribution in [0.5, 0.6) is 0 Å². The average Bonchev–Trinajstić information content (AvgIpc) is 3.09. The number of thiazole rings is 1. The third-order valence-corrected chi connectivity index (χ3v) is 6.72. The molecule has 1 N–H and O–H groups in total. The molecule has 8 heteroatoms. The van der Waals surface area contributed by atoms with Gasteiger partial charge >= 0.3 is 0 Å². The zero-order valence-electron chi connectivity index (χ0n) is 14.2. The fourth-order valence-corrected chi connectivity index (χ4v) is 4.28. The first-order chi connectivity index (χ1) is 12.4. The van der Waals surface area contributed by atoms with E-state index >= 15 is 0 Å². The molecule has 0 aliphatic carbocycles. The van der Waals surface area contributed by atoms with Crippen LogP contribution in [0.15, 0.2) is 59.1 Å². The summed E-state index contributed by atoms with van der Waals surface area (Å²) in [6.07, 6.45) is 1.70. The second-order valence-corrected chi connectivity index (χ2v) is 9.02. The Balaban J connectivity index is 1.81. The third kappa shape index (κ3) is 2.92. The first kappa shape index (κ1) is 16.9. The van der Waals surface area contributed by atoms with Gasteiger partial charge in [-0.15, -0.1) is 11.3 Å². The maximum atomic E-state index is 12.4. The monoisotopic (exact) mass is 384 g/mol. The standard InChI is InChI=1S/C18H16N4O2S2/c1-22(2)26(23,24)13-4-5-15-14(10-13)16(7-8-19-15)21-12-3-6-18-17(9-12)20-11-25-18/h3-11H,1-2H3,(H,19,21). The second-order valence-electron chi connectivity index (χ2n) is 5.98. The molecule has 0 atom stereocenters. The normalized spacial score (nSPS) is 12.1. The molecule has 132 valence electrons. The fourth-order valence-electron chi connectivity index (χ4n) is 2.70. The molecule has 0 aliphatic heterocycles. The number of nitrogens with zero attached hydrogens (tertiary/aromatic N) is 3. The zero-order chi connectivity index (χ0) is 18.3. The summed E-state index contributed by atoms with van der Waals surface area (Å²) < 4.78 is 27.2. The van der Waals surface area contributed by atoms with Crippen LogP contribution in [0, 0.1) is 0 Å². The van der Waals surface area contributed by atoms with E-state index in [1.165, 1.54) is 18.4 Å². The zero-order valence-corrected chi connectivity index (χ0v) is 15.8. The van der Waals surface area contributed by atoms with E-state index in [2.05, 4.69) is 15.3 Å². The summed E-state index contributed by atoms with van der Waals surface area (Å²) in [5.74, 6) is 0. The van der Waals surface area contributed by atoms with Gasteiger partial charge in [-0.1, -0.05) is 0 Å². The maximum Gasteiger partial charge on any atom is 0.242 e. The maximum absolute atomic E-state index is 12.4. The molecule has 2 aromatic heterocycles. The summed E-state index contributed by atoms with van der Waals surface area (Å²) in [5, 5.41) is 4.10. The van der Waals surface area contributed by atoms with Gasteiger partial charge in [-0.25, -0.2) is 17.7 Å². The number of aromatic nitrogens is 2. The van der Waals surface area contributed by atoms with Gasteiger partial charge in [0.05, 0.1) is 26.1 Å². The van der Waals surface area contributed by atoms with Crippen LogP contribution < -0.4 is 5.32 Å². The number of sulfonamides is 1. The van der Waals surface area contributed by atoms with Crippen molar-refractivity contribution in [3.8, 4) is 0 Å². The number of benzene rings is 2. The third-order valence-electron chi connectivity index (χ3n) is 4.10. The Morgan fingerprint density at radius 2 is 1.85 bits per heavy atom. The summed E-state index contributed by atoms with van der Waals surface area (Å²) in [5.41, 5.74) is 5.14. The molecule has 0 bridgehead atoms. The van der Waals surface area contributed by atoms with E-state index in [0.29, 0.717) is 0 Å². The van der Waals surface area contributed by atoms with Crippen LogP contribution in [0.3, 0.4) is 0 Å². The Hall–Kier alpha value is -2.55. The Morgan fingerprint density at radius 1 is 1.00 bits per heavy atom. The summed E-state index contributed by atoms with van der Waals surface area (Å²) in [4.78, 5) is 8.90. The summed E-state index contributed by atoms with van der Waals surface area (Å²) >= 11 is 1.59. The van der Waals surface area contributed by atoms with Gasteiger partial charge in [-0.3, -0.25) is 4.98 Å². The summed E-state index contributed by atoms with van der Waals surface area (Å²) in [6, 6.07) is 12.8. The molecular weight excluding hydrogens is 368 g/mol. The first-order valence-electron chi connectivity index (χ1n) is 7.87. The van der Waals surface area contributed by atoms with Crippen LogP contribution in [0.4, 0.5) is 11.4 Å². The fraction of sp³-hybridized carbons (Fsp3) is 0.111. The van der Waals surface area contributed by atoms with E-state index in [0.717, 1.165) is 32.5 Å². The number of rotatable bonds is 4. The molecule has 4 aromatic rings. The van der Waals surface area contributed by atoms with Gasteiger partial charge in [-0.05, 0) is 42.5 Å². The highest BCUT2D eigenvalue weighted by Crippen LogP contribution is 2.29. The quantitative estimate of drug-likeness (QED) is 0.579. The van der Waals surface area contributed by atoms with Crippen molar-refractivity contribution < 1.29 is 8.42 Å². The van der Waals surface area contributed by atoms with Crippen molar-refractivity contribution in [1.29, 1.82) is 0 Å². The van der Waals surface area contributed by atoms with Crippen LogP contribution >= 0.6 is 11.3 Å². The molecule has 2 aromatic carbocycles. The van der Waals surface area contributed by atoms with Crippen LogP contribution in [0.1, 0.15) is 0 Å². The Morgan fingerprint density at radius 3 is 2.65 bits per heavy atom. The van der Waals surface area contributed by atoms with Crippen molar-refractivity contribution in [2.45, 2.75) is 4.90 Å². The van der Waals surface area contributed by atoms with E-state index in [1.54, 1.807) is 35.7 Å². The van der Waals surface area contributed by atoms with Crippen molar-refractivity contribution in [3.63, 3.8) is 0 Å². The van der Waals surface area contributed by atoms with Crippen LogP contribution in [0.25, 0.3) is 21.1 Å². The predicted molar refractivity (Wildman–Crippen MR) is 106 cm³/mol. The molecule has 0 spiro atoms. The van der Waals surface area contributed by atoms with Crippen molar-refractivity contribution in [1.82, 2.24) is 14.3 Å². The lowest BCUT2D eigenvalue weighted by Gasteiger charge is -2.14. The smallest absolute Gasteiger partial charge is 0.242 e. The Bertz CT molecular complexity index is 1220. The predicted octanol–water partition coefficient (Wildman–Crippen LogP) is 3.84. The molecule has 26 heavy (non-hydrogen) atoms. The number of fused-ring (bicyclic) bond motifs is 2. The van der Waals surface area contributed by atoms with Crippen molar-refractivity contribution >= 4 is 53.9 Å². The van der Waals surface area contributed by atoms with E-state index in [4.69, 9.17) is 0 Å². The van der Waals surface area contributed by atoms with Gasteiger partial charge in [0.2, 0.25) is 10.0 Å². The lowest BCUT2D eigenvalue weighted by molar-refractivity contribution is 0.521. The van der Waals surface area contributed by atoms with Crippen molar-refractivity contribution in [2.24, 2.45) is 0 Å². The Labute approximate surface area is 155 Å². The molecule has 2 heterocycles. The summed E-state index contributed by atoms with van der Waals surface area (Å²) in [7, 11) is -0.472. The highest BCUT2D eigenvalue weighted by atomic mass is 32.2. The highest BCUT2D eigenvalue weighted by molar-refractivity contribution is 7.89. The van der Waals surface area contributed by atoms with E-state index in [1.807, 2.05) is 29.8 Å². The highest BCUT2D eigenvalue weighted by Gasteiger charge is 2.18. The van der Waals surface area contributed by atoms with Gasteiger partial charge in [0.1, 0.15) is 0 Å². The van der Waals surface area contributed by atoms with Crippen LogP contribution in [-0.2, 0) is 10.0 Å². The summed E-state index contributed by atoms with van der Waals surface area (Å²) in [6.45, 7) is 0. The van der Waals surface area contributed by atoms with Crippen LogP contribution in [-0.4, -0.2) is 36.8 Å². The van der Waals surface area contributed by atoms with Crippen LogP contribution in [0.2, 0.25) is 0 Å². The molecule has 0 saturated carbocycles. The number of hydrogen-bond acceptors (Lipinski definition) is 6. The number of hydrogen-bond donors (Lipinski definition) is 1. The van der Waals surface area contributed by atoms with E-state index < -0.39 is 10.0 Å². The van der Waals surface area contributed by atoms with Crippen molar-refractivity contribution in [2.75, 3.05) is 19.4 Å². The van der Waals surface area contributed by atoms with Gasteiger partial charge < -0.3 is 5.32 Å². The molecule has 0 radical (unpaired) electrons. The molecule has 4 rings (SSSR count). The molecule has 0 saturated heterocycles. The molecule has 0 fully saturated rings. The minimum absolute atomic E-state index is 0.237. The lowest BCUT2D eigenvalue weighted by Crippen LogP contribution is -2.22. The molecule has 0 unspecified atom stereocenters. The van der Waals surface area contributed by atoms with Gasteiger partial charge in [-0.2, -0.15) is 0 Å². The molecular formula is C18H16N4O2S2. The number of pyridine rings is 1. The first-order valence-corrected chi connectivity index (χ1v) is 10.2. The number of anilines is 2. The largest absolute Gasteiger partial charge is 0.355 e. The second kappa shape index (κ2) is 6.31.